The van der Waals surface area contributed by atoms with Gasteiger partial charge in [-0.15, -0.1) is 12.4 Å². The number of aromatic nitrogens is 2. The molecule has 2 heterocycles. The van der Waals surface area contributed by atoms with E-state index in [4.69, 9.17) is 5.73 Å². The molecule has 0 saturated carbocycles. The lowest BCUT2D eigenvalue weighted by Crippen LogP contribution is -2.42. The number of nitrogens with one attached hydrogen (secondary N) is 2. The molecule has 1 fully saturated rings. The molecule has 7 nitrogen and oxygen atoms in total. The van der Waals surface area contributed by atoms with Gasteiger partial charge in [0.1, 0.15) is 0 Å². The lowest BCUT2D eigenvalue weighted by Gasteiger charge is -2.23. The van der Waals surface area contributed by atoms with Gasteiger partial charge in [0, 0.05) is 50.9 Å². The Labute approximate surface area is 136 Å². The van der Waals surface area contributed by atoms with Crippen molar-refractivity contribution in [2.75, 3.05) is 19.6 Å². The van der Waals surface area contributed by atoms with Crippen molar-refractivity contribution in [2.45, 2.75) is 32.2 Å². The first-order chi connectivity index (χ1) is 10.1. The highest BCUT2D eigenvalue weighted by Crippen LogP contribution is 2.16. The highest BCUT2D eigenvalue weighted by atomic mass is 35.5. The monoisotopic (exact) mass is 329 g/mol. The minimum atomic E-state index is -0.177. The average Bonchev–Trinajstić information content (AvgIpc) is 2.86. The van der Waals surface area contributed by atoms with Gasteiger partial charge in [-0.3, -0.25) is 14.7 Å². The predicted molar refractivity (Wildman–Crippen MR) is 85.5 cm³/mol. The maximum Gasteiger partial charge on any atom is 0.224 e. The van der Waals surface area contributed by atoms with Crippen LogP contribution < -0.4 is 11.1 Å². The van der Waals surface area contributed by atoms with Crippen LogP contribution in [0.3, 0.4) is 0 Å². The van der Waals surface area contributed by atoms with Crippen LogP contribution in [0.4, 0.5) is 0 Å². The Balaban J connectivity index is 0.00000242. The molecule has 8 heteroatoms. The van der Waals surface area contributed by atoms with Gasteiger partial charge in [0.25, 0.3) is 0 Å². The number of amides is 2. The quantitative estimate of drug-likeness (QED) is 0.727. The van der Waals surface area contributed by atoms with Crippen LogP contribution in [0.5, 0.6) is 0 Å². The van der Waals surface area contributed by atoms with E-state index in [0.29, 0.717) is 26.1 Å². The normalized spacial score (nSPS) is 21.6. The van der Waals surface area contributed by atoms with E-state index in [-0.39, 0.29) is 36.2 Å². The van der Waals surface area contributed by atoms with Gasteiger partial charge in [-0.25, -0.2) is 0 Å². The zero-order valence-corrected chi connectivity index (χ0v) is 13.6. The highest BCUT2D eigenvalue weighted by molar-refractivity contribution is 5.85. The van der Waals surface area contributed by atoms with Gasteiger partial charge < -0.3 is 16.0 Å². The maximum absolute atomic E-state index is 12.2. The number of H-pyrrole nitrogens is 1. The van der Waals surface area contributed by atoms with E-state index in [2.05, 4.69) is 15.5 Å². The average molecular weight is 330 g/mol. The van der Waals surface area contributed by atoms with E-state index < -0.39 is 0 Å². The number of halogens is 1. The van der Waals surface area contributed by atoms with Crippen LogP contribution in [0, 0.1) is 5.92 Å². The first-order valence-electron chi connectivity index (χ1n) is 7.33. The van der Waals surface area contributed by atoms with Gasteiger partial charge in [-0.1, -0.05) is 0 Å². The molecular weight excluding hydrogens is 306 g/mol. The molecule has 2 amide bonds. The molecule has 4 N–H and O–H groups in total. The number of carbonyl (C=O) groups excluding carboxylic acids is 2. The van der Waals surface area contributed by atoms with E-state index in [1.54, 1.807) is 11.1 Å². The molecule has 0 bridgehead atoms. The number of nitrogens with two attached hydrogens (primary N) is 1. The van der Waals surface area contributed by atoms with Gasteiger partial charge in [0.15, 0.2) is 0 Å². The number of hydrogen-bond acceptors (Lipinski definition) is 4. The Hall–Kier alpha value is -1.60. The third kappa shape index (κ3) is 5.31. The third-order valence-corrected chi connectivity index (χ3v) is 3.85. The lowest BCUT2D eigenvalue weighted by atomic mass is 10.0. The predicted octanol–water partition coefficient (Wildman–Crippen LogP) is 0.0760. The van der Waals surface area contributed by atoms with Crippen molar-refractivity contribution < 1.29 is 9.59 Å². The summed E-state index contributed by atoms with van der Waals surface area (Å²) in [6.45, 7) is 3.07. The molecule has 1 aliphatic rings. The smallest absolute Gasteiger partial charge is 0.224 e. The van der Waals surface area contributed by atoms with Crippen LogP contribution in [-0.2, 0) is 16.0 Å². The molecule has 0 spiro atoms. The fourth-order valence-electron chi connectivity index (χ4n) is 2.58. The first kappa shape index (κ1) is 18.4. The Bertz CT molecular complexity index is 480. The summed E-state index contributed by atoms with van der Waals surface area (Å²) < 4.78 is 0. The van der Waals surface area contributed by atoms with Gasteiger partial charge >= 0.3 is 0 Å². The van der Waals surface area contributed by atoms with E-state index in [9.17, 15) is 9.59 Å². The molecule has 0 unspecified atom stereocenters. The Morgan fingerprint density at radius 2 is 2.23 bits per heavy atom. The van der Waals surface area contributed by atoms with E-state index in [1.807, 2.05) is 6.07 Å². The minimum absolute atomic E-state index is 0. The molecule has 1 saturated heterocycles. The second-order valence-corrected chi connectivity index (χ2v) is 5.58. The van der Waals surface area contributed by atoms with Gasteiger partial charge in [-0.2, -0.15) is 5.10 Å². The molecule has 2 atom stereocenters. The van der Waals surface area contributed by atoms with Gasteiger partial charge in [0.05, 0.1) is 5.92 Å². The number of likely N-dealkylation sites (tertiary alicyclic amines) is 1. The van der Waals surface area contributed by atoms with Crippen LogP contribution in [0.1, 0.15) is 25.5 Å². The Morgan fingerprint density at radius 1 is 1.45 bits per heavy atom. The maximum atomic E-state index is 12.2. The largest absolute Gasteiger partial charge is 0.355 e. The van der Waals surface area contributed by atoms with Gasteiger partial charge in [-0.05, 0) is 18.9 Å². The van der Waals surface area contributed by atoms with Crippen LogP contribution in [0.2, 0.25) is 0 Å². The second-order valence-electron chi connectivity index (χ2n) is 5.58. The molecule has 1 aliphatic heterocycles. The molecule has 2 rings (SSSR count). The molecule has 22 heavy (non-hydrogen) atoms. The van der Waals surface area contributed by atoms with Crippen molar-refractivity contribution in [1.29, 1.82) is 0 Å². The molecule has 124 valence electrons. The molecule has 0 aliphatic carbocycles. The van der Waals surface area contributed by atoms with Crippen molar-refractivity contribution in [3.8, 4) is 0 Å². The SMILES string of the molecule is CC(=O)N1C[C@@H](N)CC[C@@H](C(=O)NCCc2ccn[nH]2)C1.Cl. The van der Waals surface area contributed by atoms with Crippen molar-refractivity contribution in [2.24, 2.45) is 11.7 Å². The van der Waals surface area contributed by atoms with Crippen molar-refractivity contribution in [3.63, 3.8) is 0 Å². The summed E-state index contributed by atoms with van der Waals surface area (Å²) in [6.07, 6.45) is 3.90. The number of hydrogen-bond donors (Lipinski definition) is 3. The summed E-state index contributed by atoms with van der Waals surface area (Å²) in [7, 11) is 0. The van der Waals surface area contributed by atoms with E-state index in [1.165, 1.54) is 6.92 Å². The summed E-state index contributed by atoms with van der Waals surface area (Å²) in [5.74, 6) is -0.207. The standard InChI is InChI=1S/C14H23N5O2.ClH/c1-10(20)19-8-11(2-3-12(15)9-19)14(21)16-6-4-13-5-7-17-18-13;/h5,7,11-12H,2-4,6,8-9,15H2,1H3,(H,16,21)(H,17,18);1H/t11-,12+;/m1./s1. The highest BCUT2D eigenvalue weighted by Gasteiger charge is 2.27. The summed E-state index contributed by atoms with van der Waals surface area (Å²) in [6, 6.07) is 1.84. The summed E-state index contributed by atoms with van der Waals surface area (Å²) in [4.78, 5) is 25.5. The van der Waals surface area contributed by atoms with Crippen LogP contribution in [0.25, 0.3) is 0 Å². The molecule has 0 aromatic carbocycles. The Morgan fingerprint density at radius 3 is 2.86 bits per heavy atom. The second kappa shape index (κ2) is 8.75. The van der Waals surface area contributed by atoms with Crippen molar-refractivity contribution in [1.82, 2.24) is 20.4 Å². The van der Waals surface area contributed by atoms with Crippen LogP contribution >= 0.6 is 12.4 Å². The molecular formula is C14H24ClN5O2. The summed E-state index contributed by atoms with van der Waals surface area (Å²) in [5, 5.41) is 9.65. The summed E-state index contributed by atoms with van der Waals surface area (Å²) >= 11 is 0. The molecule has 1 aromatic heterocycles. The first-order valence-corrected chi connectivity index (χ1v) is 7.33. The van der Waals surface area contributed by atoms with E-state index in [0.717, 1.165) is 18.5 Å². The number of nitrogens with zero attached hydrogens (tertiary/aromatic N) is 2. The van der Waals surface area contributed by atoms with E-state index >= 15 is 0 Å². The molecule has 0 radical (unpaired) electrons. The lowest BCUT2D eigenvalue weighted by molar-refractivity contribution is -0.131. The third-order valence-electron chi connectivity index (χ3n) is 3.85. The minimum Gasteiger partial charge on any atom is -0.355 e. The fraction of sp³-hybridized carbons (Fsp3) is 0.643. The van der Waals surface area contributed by atoms with Gasteiger partial charge in [0.2, 0.25) is 11.8 Å². The van der Waals surface area contributed by atoms with Crippen molar-refractivity contribution in [3.05, 3.63) is 18.0 Å². The molecule has 1 aromatic rings. The zero-order valence-electron chi connectivity index (χ0n) is 12.7. The van der Waals surface area contributed by atoms with Crippen LogP contribution in [0.15, 0.2) is 12.3 Å². The zero-order chi connectivity index (χ0) is 15.2. The number of rotatable bonds is 4. The fourth-order valence-corrected chi connectivity index (χ4v) is 2.58. The Kier molecular flexibility index (Phi) is 7.34. The van der Waals surface area contributed by atoms with Crippen LogP contribution in [-0.4, -0.2) is 52.6 Å². The van der Waals surface area contributed by atoms with Crippen molar-refractivity contribution >= 4 is 24.2 Å². The topological polar surface area (TPSA) is 104 Å². The number of aromatic amines is 1. The summed E-state index contributed by atoms with van der Waals surface area (Å²) in [5.41, 5.74) is 6.94. The number of carbonyl (C=O) groups is 2.